The number of hydrogen-bond acceptors (Lipinski definition) is 3. The maximum atomic E-state index is 12.3. The molecule has 124 valence electrons. The standard InChI is InChI=1S/C19H21N3O2/c1-13(2)21-18(23)12-22-17(11-15-5-4-10-20-19(15)22)14-6-8-16(24-3)9-7-14/h4-11,13H,12H2,1-3H3,(H,21,23). The van der Waals surface area contributed by atoms with Crippen LogP contribution < -0.4 is 10.1 Å². The van der Waals surface area contributed by atoms with E-state index in [4.69, 9.17) is 4.74 Å². The summed E-state index contributed by atoms with van der Waals surface area (Å²) in [7, 11) is 1.65. The lowest BCUT2D eigenvalue weighted by Gasteiger charge is -2.13. The molecule has 2 heterocycles. The Morgan fingerprint density at radius 2 is 2.00 bits per heavy atom. The Balaban J connectivity index is 2.05. The van der Waals surface area contributed by atoms with Crippen molar-refractivity contribution in [3.8, 4) is 17.0 Å². The van der Waals surface area contributed by atoms with E-state index in [0.29, 0.717) is 0 Å². The number of fused-ring (bicyclic) bond motifs is 1. The quantitative estimate of drug-likeness (QED) is 0.784. The highest BCUT2D eigenvalue weighted by Gasteiger charge is 2.15. The number of pyridine rings is 1. The Bertz CT molecular complexity index is 851. The first-order valence-corrected chi connectivity index (χ1v) is 7.96. The molecule has 0 radical (unpaired) electrons. The highest BCUT2D eigenvalue weighted by atomic mass is 16.5. The van der Waals surface area contributed by atoms with E-state index < -0.39 is 0 Å². The third-order valence-electron chi connectivity index (χ3n) is 3.79. The number of nitrogens with zero attached hydrogens (tertiary/aromatic N) is 2. The molecule has 0 saturated heterocycles. The summed E-state index contributed by atoms with van der Waals surface area (Å²) >= 11 is 0. The van der Waals surface area contributed by atoms with Crippen molar-refractivity contribution in [2.24, 2.45) is 0 Å². The smallest absolute Gasteiger partial charge is 0.240 e. The summed E-state index contributed by atoms with van der Waals surface area (Å²) < 4.78 is 7.17. The van der Waals surface area contributed by atoms with Gasteiger partial charge in [0.2, 0.25) is 5.91 Å². The van der Waals surface area contributed by atoms with E-state index in [0.717, 1.165) is 28.0 Å². The van der Waals surface area contributed by atoms with Crippen LogP contribution in [0, 0.1) is 0 Å². The van der Waals surface area contributed by atoms with Gasteiger partial charge >= 0.3 is 0 Å². The van der Waals surface area contributed by atoms with E-state index >= 15 is 0 Å². The molecule has 0 aliphatic carbocycles. The van der Waals surface area contributed by atoms with Gasteiger partial charge in [0, 0.05) is 17.6 Å². The van der Waals surface area contributed by atoms with Gasteiger partial charge in [-0.25, -0.2) is 4.98 Å². The third kappa shape index (κ3) is 3.25. The van der Waals surface area contributed by atoms with Crippen LogP contribution in [0.25, 0.3) is 22.3 Å². The molecule has 5 nitrogen and oxygen atoms in total. The number of carbonyl (C=O) groups is 1. The Morgan fingerprint density at radius 1 is 1.25 bits per heavy atom. The zero-order chi connectivity index (χ0) is 17.1. The van der Waals surface area contributed by atoms with Crippen molar-refractivity contribution < 1.29 is 9.53 Å². The van der Waals surface area contributed by atoms with Crippen LogP contribution in [-0.2, 0) is 11.3 Å². The molecule has 0 bridgehead atoms. The van der Waals surface area contributed by atoms with Crippen LogP contribution in [0.3, 0.4) is 0 Å². The van der Waals surface area contributed by atoms with E-state index in [1.165, 1.54) is 0 Å². The van der Waals surface area contributed by atoms with Crippen molar-refractivity contribution in [2.45, 2.75) is 26.4 Å². The summed E-state index contributed by atoms with van der Waals surface area (Å²) in [5.41, 5.74) is 2.79. The number of ether oxygens (including phenoxy) is 1. The predicted octanol–water partition coefficient (Wildman–Crippen LogP) is 3.24. The molecule has 0 saturated carbocycles. The molecule has 0 fully saturated rings. The molecule has 5 heteroatoms. The van der Waals surface area contributed by atoms with Crippen LogP contribution in [0.1, 0.15) is 13.8 Å². The lowest BCUT2D eigenvalue weighted by atomic mass is 10.1. The van der Waals surface area contributed by atoms with E-state index in [9.17, 15) is 4.79 Å². The largest absolute Gasteiger partial charge is 0.497 e. The second-order valence-electron chi connectivity index (χ2n) is 5.98. The maximum Gasteiger partial charge on any atom is 0.240 e. The molecule has 24 heavy (non-hydrogen) atoms. The molecule has 0 atom stereocenters. The summed E-state index contributed by atoms with van der Waals surface area (Å²) in [6, 6.07) is 13.9. The van der Waals surface area contributed by atoms with Gasteiger partial charge in [-0.15, -0.1) is 0 Å². The molecule has 1 amide bonds. The Kier molecular flexibility index (Phi) is 4.51. The number of hydrogen-bond donors (Lipinski definition) is 1. The maximum absolute atomic E-state index is 12.3. The van der Waals surface area contributed by atoms with E-state index in [1.54, 1.807) is 13.3 Å². The third-order valence-corrected chi connectivity index (χ3v) is 3.79. The van der Waals surface area contributed by atoms with Crippen molar-refractivity contribution in [2.75, 3.05) is 7.11 Å². The second-order valence-corrected chi connectivity index (χ2v) is 5.98. The van der Waals surface area contributed by atoms with Gasteiger partial charge in [0.05, 0.1) is 12.8 Å². The number of aromatic nitrogens is 2. The summed E-state index contributed by atoms with van der Waals surface area (Å²) in [4.78, 5) is 16.7. The summed E-state index contributed by atoms with van der Waals surface area (Å²) in [6.45, 7) is 4.14. The van der Waals surface area contributed by atoms with Crippen LogP contribution in [0.4, 0.5) is 0 Å². The van der Waals surface area contributed by atoms with Crippen molar-refractivity contribution in [1.29, 1.82) is 0 Å². The van der Waals surface area contributed by atoms with Crippen molar-refractivity contribution >= 4 is 16.9 Å². The molecule has 0 aliphatic rings. The minimum atomic E-state index is -0.0251. The highest BCUT2D eigenvalue weighted by Crippen LogP contribution is 2.28. The molecule has 1 N–H and O–H groups in total. The van der Waals surface area contributed by atoms with Gasteiger partial charge in [0.15, 0.2) is 0 Å². The molecule has 0 aliphatic heterocycles. The predicted molar refractivity (Wildman–Crippen MR) is 95.0 cm³/mol. The van der Waals surface area contributed by atoms with E-state index in [-0.39, 0.29) is 18.5 Å². The zero-order valence-electron chi connectivity index (χ0n) is 14.1. The van der Waals surface area contributed by atoms with Gasteiger partial charge in [0.25, 0.3) is 0 Å². The number of benzene rings is 1. The molecule has 3 aromatic rings. The topological polar surface area (TPSA) is 56.2 Å². The molecule has 1 aromatic carbocycles. The molecule has 3 rings (SSSR count). The SMILES string of the molecule is COc1ccc(-c2cc3cccnc3n2CC(=O)NC(C)C)cc1. The van der Waals surface area contributed by atoms with Gasteiger partial charge < -0.3 is 14.6 Å². The Hall–Kier alpha value is -2.82. The Morgan fingerprint density at radius 3 is 2.67 bits per heavy atom. The van der Waals surface area contributed by atoms with Gasteiger partial charge in [0.1, 0.15) is 17.9 Å². The monoisotopic (exact) mass is 323 g/mol. The fourth-order valence-corrected chi connectivity index (χ4v) is 2.76. The van der Waals surface area contributed by atoms with E-state index in [1.807, 2.05) is 54.8 Å². The minimum absolute atomic E-state index is 0.0251. The number of methoxy groups -OCH3 is 1. The number of carbonyl (C=O) groups excluding carboxylic acids is 1. The highest BCUT2D eigenvalue weighted by molar-refractivity contribution is 5.87. The summed E-state index contributed by atoms with van der Waals surface area (Å²) in [6.07, 6.45) is 1.75. The summed E-state index contributed by atoms with van der Waals surface area (Å²) in [5.74, 6) is 0.778. The van der Waals surface area contributed by atoms with Crippen molar-refractivity contribution in [3.05, 3.63) is 48.7 Å². The molecule has 0 unspecified atom stereocenters. The van der Waals surface area contributed by atoms with Crippen LogP contribution in [0.5, 0.6) is 5.75 Å². The van der Waals surface area contributed by atoms with E-state index in [2.05, 4.69) is 16.4 Å². The minimum Gasteiger partial charge on any atom is -0.497 e. The molecular formula is C19H21N3O2. The number of nitrogens with one attached hydrogen (secondary N) is 1. The van der Waals surface area contributed by atoms with Crippen LogP contribution in [0.15, 0.2) is 48.7 Å². The fourth-order valence-electron chi connectivity index (χ4n) is 2.76. The van der Waals surface area contributed by atoms with Gasteiger partial charge in [-0.2, -0.15) is 0 Å². The zero-order valence-corrected chi connectivity index (χ0v) is 14.1. The van der Waals surface area contributed by atoms with Gasteiger partial charge in [-0.05, 0) is 61.9 Å². The number of rotatable bonds is 5. The molecule has 0 spiro atoms. The average molecular weight is 323 g/mol. The first kappa shape index (κ1) is 16.1. The van der Waals surface area contributed by atoms with Crippen LogP contribution >= 0.6 is 0 Å². The van der Waals surface area contributed by atoms with Crippen LogP contribution in [0.2, 0.25) is 0 Å². The van der Waals surface area contributed by atoms with Gasteiger partial charge in [-0.3, -0.25) is 4.79 Å². The lowest BCUT2D eigenvalue weighted by molar-refractivity contribution is -0.122. The summed E-state index contributed by atoms with van der Waals surface area (Å²) in [5, 5.41) is 3.95. The average Bonchev–Trinajstić information content (AvgIpc) is 2.93. The number of amides is 1. The normalized spacial score (nSPS) is 11.0. The lowest BCUT2D eigenvalue weighted by Crippen LogP contribution is -2.33. The van der Waals surface area contributed by atoms with Crippen LogP contribution in [-0.4, -0.2) is 28.6 Å². The first-order valence-electron chi connectivity index (χ1n) is 7.96. The second kappa shape index (κ2) is 6.74. The van der Waals surface area contributed by atoms with Crippen molar-refractivity contribution in [3.63, 3.8) is 0 Å². The molecular weight excluding hydrogens is 302 g/mol. The fraction of sp³-hybridized carbons (Fsp3) is 0.263. The Labute approximate surface area is 141 Å². The first-order chi connectivity index (χ1) is 11.6. The van der Waals surface area contributed by atoms with Crippen molar-refractivity contribution in [1.82, 2.24) is 14.9 Å². The molecule has 2 aromatic heterocycles. The van der Waals surface area contributed by atoms with Gasteiger partial charge in [-0.1, -0.05) is 0 Å².